The van der Waals surface area contributed by atoms with Crippen LogP contribution in [-0.4, -0.2) is 7.11 Å². The minimum atomic E-state index is 0.618. The molecule has 0 bridgehead atoms. The van der Waals surface area contributed by atoms with Crippen molar-refractivity contribution in [2.75, 3.05) is 7.11 Å². The molecule has 0 aliphatic carbocycles. The Kier molecular flexibility index (Phi) is 2.72. The fourth-order valence-electron chi connectivity index (χ4n) is 0.950. The molecule has 0 unspecified atom stereocenters. The highest BCUT2D eigenvalue weighted by Crippen LogP contribution is 2.29. The first-order chi connectivity index (χ1) is 5.69. The van der Waals surface area contributed by atoms with Crippen LogP contribution in [0.3, 0.4) is 0 Å². The lowest BCUT2D eigenvalue weighted by Gasteiger charge is -2.05. The number of hydrogen-bond acceptors (Lipinski definition) is 2. The van der Waals surface area contributed by atoms with Crippen molar-refractivity contribution in [2.45, 2.75) is 6.92 Å². The molecule has 0 saturated carbocycles. The van der Waals surface area contributed by atoms with Gasteiger partial charge in [0.1, 0.15) is 5.75 Å². The normalized spacial score (nSPS) is 9.17. The highest BCUT2D eigenvalue weighted by Gasteiger charge is 2.04. The average molecular weight is 226 g/mol. The molecule has 0 aromatic heterocycles. The summed E-state index contributed by atoms with van der Waals surface area (Å²) in [6, 6.07) is 5.59. The number of halogens is 1. The summed E-state index contributed by atoms with van der Waals surface area (Å²) in [6.45, 7) is 1.92. The maximum absolute atomic E-state index is 8.65. The van der Waals surface area contributed by atoms with Gasteiger partial charge in [0.15, 0.2) is 0 Å². The monoisotopic (exact) mass is 225 g/mol. The second kappa shape index (κ2) is 3.59. The number of methoxy groups -OCH3 is 1. The van der Waals surface area contributed by atoms with Crippen LogP contribution in [0.4, 0.5) is 0 Å². The molecule has 0 aliphatic heterocycles. The molecule has 1 aromatic carbocycles. The Morgan fingerprint density at radius 1 is 1.50 bits per heavy atom. The van der Waals surface area contributed by atoms with Gasteiger partial charge in [-0.15, -0.1) is 0 Å². The maximum Gasteiger partial charge on any atom is 0.134 e. The van der Waals surface area contributed by atoms with E-state index in [-0.39, 0.29) is 0 Å². The molecular formula is C9H8BrNO. The summed E-state index contributed by atoms with van der Waals surface area (Å²) < 4.78 is 5.98. The highest BCUT2D eigenvalue weighted by molar-refractivity contribution is 9.10. The number of nitrogens with zero attached hydrogens (tertiary/aromatic N) is 1. The van der Waals surface area contributed by atoms with Gasteiger partial charge in [-0.3, -0.25) is 0 Å². The minimum absolute atomic E-state index is 0.618. The largest absolute Gasteiger partial charge is 0.496 e. The Bertz CT molecular complexity index is 341. The van der Waals surface area contributed by atoms with Crippen LogP contribution in [0.1, 0.15) is 11.1 Å². The van der Waals surface area contributed by atoms with Crippen LogP contribution in [0, 0.1) is 18.3 Å². The van der Waals surface area contributed by atoms with Gasteiger partial charge in [-0.2, -0.15) is 5.26 Å². The van der Waals surface area contributed by atoms with Gasteiger partial charge in [0.2, 0.25) is 0 Å². The van der Waals surface area contributed by atoms with E-state index in [2.05, 4.69) is 22.0 Å². The lowest BCUT2D eigenvalue weighted by molar-refractivity contribution is 0.411. The molecule has 1 rings (SSSR count). The van der Waals surface area contributed by atoms with Gasteiger partial charge in [0.25, 0.3) is 0 Å². The zero-order valence-electron chi connectivity index (χ0n) is 6.89. The minimum Gasteiger partial charge on any atom is -0.496 e. The summed E-state index contributed by atoms with van der Waals surface area (Å²) in [5.41, 5.74) is 1.62. The van der Waals surface area contributed by atoms with Crippen LogP contribution >= 0.6 is 15.9 Å². The second-order valence-corrected chi connectivity index (χ2v) is 3.21. The standard InChI is InChI=1S/C9H8BrNO/c1-6-3-7(5-11)4-8(12-2)9(6)10/h3-4H,1-2H3. The van der Waals surface area contributed by atoms with Crippen molar-refractivity contribution in [3.05, 3.63) is 27.7 Å². The van der Waals surface area contributed by atoms with Crippen molar-refractivity contribution in [2.24, 2.45) is 0 Å². The van der Waals surface area contributed by atoms with Gasteiger partial charge >= 0.3 is 0 Å². The molecule has 0 atom stereocenters. The van der Waals surface area contributed by atoms with Crippen molar-refractivity contribution in [3.8, 4) is 11.8 Å². The van der Waals surface area contributed by atoms with Crippen molar-refractivity contribution < 1.29 is 4.74 Å². The zero-order valence-corrected chi connectivity index (χ0v) is 8.47. The quantitative estimate of drug-likeness (QED) is 0.737. The summed E-state index contributed by atoms with van der Waals surface area (Å²) in [5, 5.41) is 8.65. The Morgan fingerprint density at radius 3 is 2.67 bits per heavy atom. The fourth-order valence-corrected chi connectivity index (χ4v) is 1.34. The molecule has 0 aliphatic rings. The first-order valence-corrected chi connectivity index (χ1v) is 4.22. The summed E-state index contributed by atoms with van der Waals surface area (Å²) in [6.07, 6.45) is 0. The Balaban J connectivity index is 3.31. The molecule has 0 fully saturated rings. The first-order valence-electron chi connectivity index (χ1n) is 3.43. The fraction of sp³-hybridized carbons (Fsp3) is 0.222. The van der Waals surface area contributed by atoms with E-state index in [0.29, 0.717) is 11.3 Å². The van der Waals surface area contributed by atoms with E-state index in [9.17, 15) is 0 Å². The third-order valence-corrected chi connectivity index (χ3v) is 2.59. The summed E-state index contributed by atoms with van der Waals surface area (Å²) in [5.74, 6) is 0.701. The molecular weight excluding hydrogens is 218 g/mol. The van der Waals surface area contributed by atoms with Crippen molar-refractivity contribution in [3.63, 3.8) is 0 Å². The number of aryl methyl sites for hydroxylation is 1. The van der Waals surface area contributed by atoms with Crippen LogP contribution in [0.25, 0.3) is 0 Å². The first kappa shape index (κ1) is 9.08. The predicted octanol–water partition coefficient (Wildman–Crippen LogP) is 2.64. The van der Waals surface area contributed by atoms with Gasteiger partial charge in [0.05, 0.1) is 23.2 Å². The van der Waals surface area contributed by atoms with E-state index < -0.39 is 0 Å². The Morgan fingerprint density at radius 2 is 2.17 bits per heavy atom. The van der Waals surface area contributed by atoms with Crippen LogP contribution in [0.15, 0.2) is 16.6 Å². The molecule has 62 valence electrons. The van der Waals surface area contributed by atoms with Gasteiger partial charge in [-0.05, 0) is 40.5 Å². The number of ether oxygens (including phenoxy) is 1. The maximum atomic E-state index is 8.65. The molecule has 0 radical (unpaired) electrons. The van der Waals surface area contributed by atoms with E-state index in [0.717, 1.165) is 10.0 Å². The molecule has 3 heteroatoms. The second-order valence-electron chi connectivity index (χ2n) is 2.42. The van der Waals surface area contributed by atoms with E-state index >= 15 is 0 Å². The van der Waals surface area contributed by atoms with E-state index in [1.54, 1.807) is 13.2 Å². The zero-order chi connectivity index (χ0) is 9.14. The lowest BCUT2D eigenvalue weighted by Crippen LogP contribution is -1.88. The Hall–Kier alpha value is -1.01. The van der Waals surface area contributed by atoms with Gasteiger partial charge in [-0.25, -0.2) is 0 Å². The number of benzene rings is 1. The third kappa shape index (κ3) is 1.59. The van der Waals surface area contributed by atoms with Crippen molar-refractivity contribution in [1.29, 1.82) is 5.26 Å². The van der Waals surface area contributed by atoms with Crippen molar-refractivity contribution in [1.82, 2.24) is 0 Å². The number of rotatable bonds is 1. The summed E-state index contributed by atoms with van der Waals surface area (Å²) in [7, 11) is 1.58. The number of hydrogen-bond donors (Lipinski definition) is 0. The van der Waals surface area contributed by atoms with Gasteiger partial charge in [0, 0.05) is 0 Å². The Labute approximate surface area is 79.9 Å². The molecule has 0 amide bonds. The van der Waals surface area contributed by atoms with Crippen molar-refractivity contribution >= 4 is 15.9 Å². The van der Waals surface area contributed by atoms with Crippen LogP contribution in [0.2, 0.25) is 0 Å². The molecule has 1 aromatic rings. The lowest BCUT2D eigenvalue weighted by atomic mass is 10.1. The van der Waals surface area contributed by atoms with Gasteiger partial charge in [-0.1, -0.05) is 0 Å². The van der Waals surface area contributed by atoms with E-state index in [1.807, 2.05) is 13.0 Å². The predicted molar refractivity (Wildman–Crippen MR) is 50.1 cm³/mol. The SMILES string of the molecule is COc1cc(C#N)cc(C)c1Br. The summed E-state index contributed by atoms with van der Waals surface area (Å²) in [4.78, 5) is 0. The van der Waals surface area contributed by atoms with Gasteiger partial charge < -0.3 is 4.74 Å². The smallest absolute Gasteiger partial charge is 0.134 e. The molecule has 0 N–H and O–H groups in total. The molecule has 2 nitrogen and oxygen atoms in total. The number of nitriles is 1. The summed E-state index contributed by atoms with van der Waals surface area (Å²) >= 11 is 3.37. The molecule has 0 saturated heterocycles. The highest BCUT2D eigenvalue weighted by atomic mass is 79.9. The molecule has 0 spiro atoms. The van der Waals surface area contributed by atoms with Crippen LogP contribution in [-0.2, 0) is 0 Å². The van der Waals surface area contributed by atoms with Crippen LogP contribution in [0.5, 0.6) is 5.75 Å². The topological polar surface area (TPSA) is 33.0 Å². The average Bonchev–Trinajstić information content (AvgIpc) is 2.09. The van der Waals surface area contributed by atoms with Crippen LogP contribution < -0.4 is 4.74 Å². The molecule has 0 heterocycles. The van der Waals surface area contributed by atoms with E-state index in [4.69, 9.17) is 10.00 Å². The third-order valence-electron chi connectivity index (χ3n) is 1.57. The van der Waals surface area contributed by atoms with E-state index in [1.165, 1.54) is 0 Å². The molecule has 12 heavy (non-hydrogen) atoms.